The number of nitrogens with zero attached hydrogens (tertiary/aromatic N) is 2. The molecule has 0 N–H and O–H groups in total. The SMILES string of the molecule is O=C1CC(CS)CN1c1ccc(I)c(F)n1. The van der Waals surface area contributed by atoms with E-state index in [9.17, 15) is 9.18 Å². The molecule has 1 unspecified atom stereocenters. The third kappa shape index (κ3) is 2.32. The van der Waals surface area contributed by atoms with Crippen LogP contribution in [0, 0.1) is 15.4 Å². The molecule has 1 aliphatic rings. The Balaban J connectivity index is 2.24. The van der Waals surface area contributed by atoms with Crippen LogP contribution in [0.4, 0.5) is 10.2 Å². The van der Waals surface area contributed by atoms with E-state index in [-0.39, 0.29) is 11.8 Å². The second kappa shape index (κ2) is 4.87. The smallest absolute Gasteiger partial charge is 0.228 e. The molecule has 1 amide bonds. The van der Waals surface area contributed by atoms with Crippen molar-refractivity contribution in [2.75, 3.05) is 17.2 Å². The molecule has 1 aromatic rings. The van der Waals surface area contributed by atoms with E-state index in [4.69, 9.17) is 0 Å². The third-order valence-electron chi connectivity index (χ3n) is 2.53. The fraction of sp³-hybridized carbons (Fsp3) is 0.400. The van der Waals surface area contributed by atoms with E-state index >= 15 is 0 Å². The average Bonchev–Trinajstić information content (AvgIpc) is 2.64. The summed E-state index contributed by atoms with van der Waals surface area (Å²) in [6.45, 7) is 0.579. The van der Waals surface area contributed by atoms with Crippen molar-refractivity contribution in [2.24, 2.45) is 5.92 Å². The van der Waals surface area contributed by atoms with Crippen molar-refractivity contribution in [1.29, 1.82) is 0 Å². The summed E-state index contributed by atoms with van der Waals surface area (Å²) < 4.78 is 13.7. The zero-order valence-electron chi connectivity index (χ0n) is 8.36. The summed E-state index contributed by atoms with van der Waals surface area (Å²) in [6, 6.07) is 3.29. The average molecular weight is 352 g/mol. The fourth-order valence-corrected chi connectivity index (χ4v) is 2.23. The van der Waals surface area contributed by atoms with Gasteiger partial charge < -0.3 is 0 Å². The van der Waals surface area contributed by atoms with Crippen LogP contribution in [-0.4, -0.2) is 23.2 Å². The molecule has 1 aliphatic heterocycles. The number of hydrogen-bond acceptors (Lipinski definition) is 3. The molecule has 3 nitrogen and oxygen atoms in total. The lowest BCUT2D eigenvalue weighted by Crippen LogP contribution is -2.26. The van der Waals surface area contributed by atoms with Crippen LogP contribution in [0.3, 0.4) is 0 Å². The molecule has 0 saturated carbocycles. The van der Waals surface area contributed by atoms with Gasteiger partial charge in [-0.3, -0.25) is 9.69 Å². The highest BCUT2D eigenvalue weighted by Gasteiger charge is 2.30. The van der Waals surface area contributed by atoms with Gasteiger partial charge in [0.1, 0.15) is 5.82 Å². The largest absolute Gasteiger partial charge is 0.296 e. The number of aromatic nitrogens is 1. The van der Waals surface area contributed by atoms with Crippen molar-refractivity contribution < 1.29 is 9.18 Å². The molecule has 1 fully saturated rings. The van der Waals surface area contributed by atoms with Gasteiger partial charge in [0.25, 0.3) is 0 Å². The van der Waals surface area contributed by atoms with E-state index < -0.39 is 5.95 Å². The van der Waals surface area contributed by atoms with Crippen LogP contribution in [0.25, 0.3) is 0 Å². The van der Waals surface area contributed by atoms with E-state index in [2.05, 4.69) is 17.6 Å². The molecule has 0 aromatic carbocycles. The molecule has 2 rings (SSSR count). The van der Waals surface area contributed by atoms with Crippen LogP contribution in [0.5, 0.6) is 0 Å². The van der Waals surface area contributed by atoms with Crippen LogP contribution in [-0.2, 0) is 4.79 Å². The maximum atomic E-state index is 13.3. The topological polar surface area (TPSA) is 33.2 Å². The van der Waals surface area contributed by atoms with E-state index in [1.807, 2.05) is 22.6 Å². The standard InChI is InChI=1S/C10H10FIN2OS/c11-10-7(12)1-2-8(13-10)14-4-6(5-16)3-9(14)15/h1-2,6,16H,3-5H2. The zero-order chi connectivity index (χ0) is 11.7. The number of anilines is 1. The highest BCUT2D eigenvalue weighted by molar-refractivity contribution is 14.1. The van der Waals surface area contributed by atoms with Crippen LogP contribution in [0.1, 0.15) is 6.42 Å². The van der Waals surface area contributed by atoms with Crippen LogP contribution >= 0.6 is 35.2 Å². The lowest BCUT2D eigenvalue weighted by Gasteiger charge is -2.15. The van der Waals surface area contributed by atoms with Crippen LogP contribution < -0.4 is 4.90 Å². The number of carbonyl (C=O) groups excluding carboxylic acids is 1. The molecule has 1 atom stereocenters. The summed E-state index contributed by atoms with van der Waals surface area (Å²) in [5.41, 5.74) is 0. The molecule has 0 spiro atoms. The van der Waals surface area contributed by atoms with Crippen molar-refractivity contribution in [3.8, 4) is 0 Å². The molecule has 0 bridgehead atoms. The van der Waals surface area contributed by atoms with Gasteiger partial charge in [-0.05, 0) is 46.4 Å². The van der Waals surface area contributed by atoms with Gasteiger partial charge in [0.05, 0.1) is 3.57 Å². The number of halogens is 2. The molecule has 1 saturated heterocycles. The van der Waals surface area contributed by atoms with E-state index in [1.165, 1.54) is 4.90 Å². The first-order valence-corrected chi connectivity index (χ1v) is 6.56. The molecule has 86 valence electrons. The van der Waals surface area contributed by atoms with Crippen molar-refractivity contribution in [3.63, 3.8) is 0 Å². The predicted octanol–water partition coefficient (Wildman–Crippen LogP) is 2.11. The Morgan fingerprint density at radius 3 is 2.94 bits per heavy atom. The lowest BCUT2D eigenvalue weighted by atomic mass is 10.1. The summed E-state index contributed by atoms with van der Waals surface area (Å²) in [7, 11) is 0. The number of rotatable bonds is 2. The van der Waals surface area contributed by atoms with Gasteiger partial charge in [-0.15, -0.1) is 0 Å². The Kier molecular flexibility index (Phi) is 3.68. The Morgan fingerprint density at radius 1 is 1.62 bits per heavy atom. The Morgan fingerprint density at radius 2 is 2.38 bits per heavy atom. The first kappa shape index (κ1) is 12.1. The molecule has 6 heteroatoms. The molecule has 0 radical (unpaired) electrons. The maximum Gasteiger partial charge on any atom is 0.228 e. The lowest BCUT2D eigenvalue weighted by molar-refractivity contribution is -0.117. The minimum Gasteiger partial charge on any atom is -0.296 e. The van der Waals surface area contributed by atoms with Crippen LogP contribution in [0.2, 0.25) is 0 Å². The number of thiol groups is 1. The second-order valence-corrected chi connectivity index (χ2v) is 5.23. The third-order valence-corrected chi connectivity index (χ3v) is 3.85. The quantitative estimate of drug-likeness (QED) is 0.503. The summed E-state index contributed by atoms with van der Waals surface area (Å²) in [6.07, 6.45) is 0.471. The minimum absolute atomic E-state index is 0.00726. The summed E-state index contributed by atoms with van der Waals surface area (Å²) in [5.74, 6) is 0.759. The van der Waals surface area contributed by atoms with Crippen molar-refractivity contribution in [1.82, 2.24) is 4.98 Å². The van der Waals surface area contributed by atoms with Gasteiger partial charge in [-0.2, -0.15) is 17.0 Å². The summed E-state index contributed by atoms with van der Waals surface area (Å²) in [5, 5.41) is 0. The van der Waals surface area contributed by atoms with Gasteiger partial charge in [-0.1, -0.05) is 0 Å². The van der Waals surface area contributed by atoms with Gasteiger partial charge >= 0.3 is 0 Å². The number of hydrogen-bond donors (Lipinski definition) is 1. The molecule has 1 aromatic heterocycles. The molecular weight excluding hydrogens is 342 g/mol. The first-order valence-electron chi connectivity index (χ1n) is 4.85. The van der Waals surface area contributed by atoms with Gasteiger partial charge in [0.15, 0.2) is 0 Å². The first-order chi connectivity index (χ1) is 7.61. The van der Waals surface area contributed by atoms with Crippen LogP contribution in [0.15, 0.2) is 12.1 Å². The Labute approximate surface area is 112 Å². The maximum absolute atomic E-state index is 13.3. The molecule has 16 heavy (non-hydrogen) atoms. The highest BCUT2D eigenvalue weighted by atomic mass is 127. The fourth-order valence-electron chi connectivity index (χ4n) is 1.68. The van der Waals surface area contributed by atoms with Gasteiger partial charge in [-0.25, -0.2) is 4.98 Å². The summed E-state index contributed by atoms with van der Waals surface area (Å²) in [4.78, 5) is 17.0. The van der Waals surface area contributed by atoms with Crippen molar-refractivity contribution >= 4 is 46.9 Å². The van der Waals surface area contributed by atoms with Crippen molar-refractivity contribution in [3.05, 3.63) is 21.7 Å². The number of carbonyl (C=O) groups is 1. The minimum atomic E-state index is -0.528. The van der Waals surface area contributed by atoms with E-state index in [0.717, 1.165) is 0 Å². The number of pyridine rings is 1. The molecule has 2 heterocycles. The normalized spacial score (nSPS) is 20.6. The van der Waals surface area contributed by atoms with E-state index in [1.54, 1.807) is 12.1 Å². The van der Waals surface area contributed by atoms with Crippen molar-refractivity contribution in [2.45, 2.75) is 6.42 Å². The van der Waals surface area contributed by atoms with E-state index in [0.29, 0.717) is 28.1 Å². The molecular formula is C10H10FIN2OS. The molecule has 0 aliphatic carbocycles. The number of amides is 1. The van der Waals surface area contributed by atoms with Gasteiger partial charge in [0, 0.05) is 13.0 Å². The second-order valence-electron chi connectivity index (χ2n) is 3.70. The summed E-state index contributed by atoms with van der Waals surface area (Å²) >= 11 is 6.04. The zero-order valence-corrected chi connectivity index (χ0v) is 11.4. The predicted molar refractivity (Wildman–Crippen MR) is 71.2 cm³/mol. The monoisotopic (exact) mass is 352 g/mol. The highest BCUT2D eigenvalue weighted by Crippen LogP contribution is 2.25. The van der Waals surface area contributed by atoms with Gasteiger partial charge in [0.2, 0.25) is 11.9 Å². The Hall–Kier alpha value is -0.370. The Bertz CT molecular complexity index is 429.